The number of amides is 1. The highest BCUT2D eigenvalue weighted by molar-refractivity contribution is 7.90. The lowest BCUT2D eigenvalue weighted by atomic mass is 10.1. The van der Waals surface area contributed by atoms with E-state index < -0.39 is 9.84 Å². The van der Waals surface area contributed by atoms with Crippen LogP contribution >= 0.6 is 22.9 Å². The van der Waals surface area contributed by atoms with Gasteiger partial charge in [-0.25, -0.2) is 13.4 Å². The molecule has 1 aliphatic rings. The number of methoxy groups -OCH3 is 1. The van der Waals surface area contributed by atoms with Gasteiger partial charge in [-0.05, 0) is 36.4 Å². The van der Waals surface area contributed by atoms with Crippen LogP contribution in [0.15, 0.2) is 41.3 Å². The normalized spacial score (nSPS) is 15.0. The summed E-state index contributed by atoms with van der Waals surface area (Å²) in [6.07, 6.45) is 1.17. The van der Waals surface area contributed by atoms with Crippen molar-refractivity contribution in [2.45, 2.75) is 4.90 Å². The van der Waals surface area contributed by atoms with Crippen LogP contribution in [0.5, 0.6) is 5.75 Å². The van der Waals surface area contributed by atoms with Crippen LogP contribution in [-0.2, 0) is 14.6 Å². The highest BCUT2D eigenvalue weighted by Gasteiger charge is 2.26. The van der Waals surface area contributed by atoms with E-state index in [0.717, 1.165) is 13.1 Å². The molecule has 1 fully saturated rings. The lowest BCUT2D eigenvalue weighted by Gasteiger charge is -2.29. The van der Waals surface area contributed by atoms with Gasteiger partial charge in [0.2, 0.25) is 0 Å². The molecule has 8 nitrogen and oxygen atoms in total. The number of fused-ring (bicyclic) bond motifs is 1. The van der Waals surface area contributed by atoms with Crippen molar-refractivity contribution in [3.05, 3.63) is 47.0 Å². The molecule has 2 aromatic carbocycles. The van der Waals surface area contributed by atoms with E-state index in [1.807, 2.05) is 0 Å². The van der Waals surface area contributed by atoms with Crippen molar-refractivity contribution < 1.29 is 22.7 Å². The van der Waals surface area contributed by atoms with Gasteiger partial charge in [0.25, 0.3) is 5.91 Å². The van der Waals surface area contributed by atoms with Gasteiger partial charge in [0.05, 0.1) is 41.0 Å². The predicted octanol–water partition coefficient (Wildman–Crippen LogP) is 3.34. The third kappa shape index (κ3) is 5.47. The summed E-state index contributed by atoms with van der Waals surface area (Å²) in [5.41, 5.74) is 0.965. The summed E-state index contributed by atoms with van der Waals surface area (Å²) in [5.74, 6) is 0.131. The first-order valence-electron chi connectivity index (χ1n) is 10.3. The van der Waals surface area contributed by atoms with E-state index in [9.17, 15) is 13.2 Å². The Morgan fingerprint density at radius 2 is 2.00 bits per heavy atom. The molecule has 176 valence electrons. The summed E-state index contributed by atoms with van der Waals surface area (Å²) >= 11 is 7.45. The molecule has 1 saturated heterocycles. The van der Waals surface area contributed by atoms with Crippen molar-refractivity contribution in [3.8, 4) is 5.75 Å². The fourth-order valence-electron chi connectivity index (χ4n) is 3.58. The molecular weight excluding hydrogens is 486 g/mol. The second-order valence-electron chi connectivity index (χ2n) is 7.65. The number of anilines is 1. The molecule has 0 aliphatic carbocycles. The highest BCUT2D eigenvalue weighted by atomic mass is 35.5. The maximum Gasteiger partial charge on any atom is 0.263 e. The first-order chi connectivity index (χ1) is 15.8. The lowest BCUT2D eigenvalue weighted by molar-refractivity contribution is 0.0391. The zero-order valence-electron chi connectivity index (χ0n) is 18.3. The van der Waals surface area contributed by atoms with Crippen molar-refractivity contribution in [2.75, 3.05) is 57.7 Å². The highest BCUT2D eigenvalue weighted by Crippen LogP contribution is 2.33. The van der Waals surface area contributed by atoms with Crippen molar-refractivity contribution in [3.63, 3.8) is 0 Å². The minimum absolute atomic E-state index is 0.216. The van der Waals surface area contributed by atoms with Crippen LogP contribution in [-0.4, -0.2) is 77.0 Å². The van der Waals surface area contributed by atoms with Crippen LogP contribution in [0, 0.1) is 0 Å². The Bertz CT molecular complexity index is 1270. The molecule has 1 aliphatic heterocycles. The largest absolute Gasteiger partial charge is 0.496 e. The molecule has 0 atom stereocenters. The number of nitrogens with zero attached hydrogens (tertiary/aromatic N) is 3. The van der Waals surface area contributed by atoms with Gasteiger partial charge < -0.3 is 9.47 Å². The Hall–Kier alpha value is -2.24. The molecule has 1 amide bonds. The summed E-state index contributed by atoms with van der Waals surface area (Å²) in [6, 6.07) is 9.69. The monoisotopic (exact) mass is 509 g/mol. The number of hydrogen-bond acceptors (Lipinski definition) is 8. The molecule has 11 heteroatoms. The van der Waals surface area contributed by atoms with E-state index in [2.05, 4.69) is 9.88 Å². The van der Waals surface area contributed by atoms with Crippen LogP contribution in [0.4, 0.5) is 5.13 Å². The molecule has 0 unspecified atom stereocenters. The fourth-order valence-corrected chi connectivity index (χ4v) is 5.50. The first-order valence-corrected chi connectivity index (χ1v) is 13.4. The SMILES string of the molecule is COc1ccc(Cl)cc1C(=O)N(CCN1CCOCC1)c1nc2ccc(S(C)(=O)=O)cc2s1. The van der Waals surface area contributed by atoms with Crippen LogP contribution < -0.4 is 9.64 Å². The molecule has 0 radical (unpaired) electrons. The molecule has 1 aromatic heterocycles. The molecule has 2 heterocycles. The molecule has 0 spiro atoms. The van der Waals surface area contributed by atoms with Gasteiger partial charge in [0, 0.05) is 37.5 Å². The summed E-state index contributed by atoms with van der Waals surface area (Å²) in [4.78, 5) is 22.4. The summed E-state index contributed by atoms with van der Waals surface area (Å²) in [7, 11) is -1.85. The van der Waals surface area contributed by atoms with Gasteiger partial charge in [-0.15, -0.1) is 0 Å². The molecule has 0 N–H and O–H groups in total. The maximum atomic E-state index is 13.7. The molecule has 0 saturated carbocycles. The smallest absolute Gasteiger partial charge is 0.263 e. The maximum absolute atomic E-state index is 13.7. The van der Waals surface area contributed by atoms with E-state index in [4.69, 9.17) is 21.1 Å². The van der Waals surface area contributed by atoms with Crippen LogP contribution in [0.3, 0.4) is 0 Å². The number of halogens is 1. The van der Waals surface area contributed by atoms with Crippen LogP contribution in [0.25, 0.3) is 10.2 Å². The third-order valence-electron chi connectivity index (χ3n) is 5.39. The lowest BCUT2D eigenvalue weighted by Crippen LogP contribution is -2.43. The van der Waals surface area contributed by atoms with Gasteiger partial charge in [0.1, 0.15) is 5.75 Å². The molecule has 0 bridgehead atoms. The number of aromatic nitrogens is 1. The number of rotatable bonds is 7. The van der Waals surface area contributed by atoms with Crippen LogP contribution in [0.1, 0.15) is 10.4 Å². The summed E-state index contributed by atoms with van der Waals surface area (Å²) < 4.78 is 35.4. The standard InChI is InChI=1S/C22H24ClN3O5S2/c1-30-19-6-3-15(23)13-17(19)21(27)26(8-7-25-9-11-31-12-10-25)22-24-18-5-4-16(33(2,28)29)14-20(18)32-22/h3-6,13-14H,7-12H2,1-2H3. The number of carbonyl (C=O) groups excluding carboxylic acids is 1. The van der Waals surface area contributed by atoms with Crippen molar-refractivity contribution in [2.24, 2.45) is 0 Å². The number of benzene rings is 2. The number of morpholine rings is 1. The predicted molar refractivity (Wildman–Crippen MR) is 130 cm³/mol. The van der Waals surface area contributed by atoms with Gasteiger partial charge >= 0.3 is 0 Å². The second-order valence-corrected chi connectivity index (χ2v) is 11.1. The number of thiazole rings is 1. The molecular formula is C22H24ClN3O5S2. The fraction of sp³-hybridized carbons (Fsp3) is 0.364. The Morgan fingerprint density at radius 1 is 1.24 bits per heavy atom. The molecule has 3 aromatic rings. The van der Waals surface area contributed by atoms with E-state index >= 15 is 0 Å². The Balaban J connectivity index is 1.72. The Labute approximate surface area is 201 Å². The third-order valence-corrected chi connectivity index (χ3v) is 7.77. The van der Waals surface area contributed by atoms with Gasteiger partial charge in [-0.2, -0.15) is 0 Å². The summed E-state index contributed by atoms with van der Waals surface area (Å²) in [5, 5.41) is 0.908. The number of sulfone groups is 1. The minimum Gasteiger partial charge on any atom is -0.496 e. The van der Waals surface area contributed by atoms with E-state index in [1.165, 1.54) is 30.8 Å². The molecule has 33 heavy (non-hydrogen) atoms. The Kier molecular flexibility index (Phi) is 7.20. The van der Waals surface area contributed by atoms with Gasteiger partial charge in [-0.1, -0.05) is 22.9 Å². The van der Waals surface area contributed by atoms with Gasteiger partial charge in [0.15, 0.2) is 15.0 Å². The molecule has 4 rings (SSSR count). The summed E-state index contributed by atoms with van der Waals surface area (Å²) in [6.45, 7) is 3.94. The van der Waals surface area contributed by atoms with Gasteiger partial charge in [-0.3, -0.25) is 14.6 Å². The van der Waals surface area contributed by atoms with Crippen molar-refractivity contribution >= 4 is 54.0 Å². The second kappa shape index (κ2) is 9.94. The average Bonchev–Trinajstić information content (AvgIpc) is 3.22. The van der Waals surface area contributed by atoms with Crippen molar-refractivity contribution in [1.29, 1.82) is 0 Å². The average molecular weight is 510 g/mol. The van der Waals surface area contributed by atoms with Crippen LogP contribution in [0.2, 0.25) is 5.02 Å². The number of carbonyl (C=O) groups is 1. The minimum atomic E-state index is -3.35. The zero-order valence-corrected chi connectivity index (χ0v) is 20.7. The van der Waals surface area contributed by atoms with E-state index in [-0.39, 0.29) is 10.8 Å². The number of ether oxygens (including phenoxy) is 2. The van der Waals surface area contributed by atoms with E-state index in [0.29, 0.717) is 58.0 Å². The topological polar surface area (TPSA) is 89.0 Å². The van der Waals surface area contributed by atoms with E-state index in [1.54, 1.807) is 35.2 Å². The quantitative estimate of drug-likeness (QED) is 0.482. The zero-order chi connectivity index (χ0) is 23.6. The Morgan fingerprint density at radius 3 is 2.70 bits per heavy atom. The first kappa shape index (κ1) is 23.9. The van der Waals surface area contributed by atoms with Crippen molar-refractivity contribution in [1.82, 2.24) is 9.88 Å². The number of hydrogen-bond donors (Lipinski definition) is 0.